The molecule has 7 nitrogen and oxygen atoms in total. The summed E-state index contributed by atoms with van der Waals surface area (Å²) in [5, 5.41) is 5.17. The van der Waals surface area contributed by atoms with Gasteiger partial charge in [0, 0.05) is 11.8 Å². The zero-order valence-corrected chi connectivity index (χ0v) is 9.97. The molecular formula is C12H12N2O5. The highest BCUT2D eigenvalue weighted by Gasteiger charge is 2.25. The number of carbonyl (C=O) groups is 2. The molecule has 0 bridgehead atoms. The summed E-state index contributed by atoms with van der Waals surface area (Å²) in [5.41, 5.74) is 0.548. The molecule has 2 N–H and O–H groups in total. The molecule has 2 amide bonds. The van der Waals surface area contributed by atoms with E-state index in [9.17, 15) is 9.59 Å². The van der Waals surface area contributed by atoms with Gasteiger partial charge in [0.1, 0.15) is 6.10 Å². The van der Waals surface area contributed by atoms with Crippen molar-refractivity contribution in [1.29, 1.82) is 0 Å². The molecule has 1 aromatic carbocycles. The normalized spacial score (nSPS) is 20.0. The number of hydrogen-bond donors (Lipinski definition) is 2. The first-order valence-electron chi connectivity index (χ1n) is 5.85. The molecule has 0 saturated carbocycles. The highest BCUT2D eigenvalue weighted by atomic mass is 16.7. The summed E-state index contributed by atoms with van der Waals surface area (Å²) in [5.74, 6) is 1.11. The Morgan fingerprint density at radius 2 is 2.21 bits per heavy atom. The van der Waals surface area contributed by atoms with Crippen LogP contribution in [0.5, 0.6) is 11.5 Å². The average molecular weight is 264 g/mol. The Kier molecular flexibility index (Phi) is 2.86. The number of amides is 2. The van der Waals surface area contributed by atoms with Crippen molar-refractivity contribution in [1.82, 2.24) is 5.32 Å². The number of carbonyl (C=O) groups excluding carboxylic acids is 2. The maximum atomic E-state index is 11.6. The van der Waals surface area contributed by atoms with Crippen molar-refractivity contribution < 1.29 is 23.8 Å². The smallest absolute Gasteiger partial charge is 0.411 e. The van der Waals surface area contributed by atoms with E-state index in [0.29, 0.717) is 23.7 Å². The Balaban J connectivity index is 1.58. The average Bonchev–Trinajstić information content (AvgIpc) is 2.97. The van der Waals surface area contributed by atoms with E-state index in [4.69, 9.17) is 14.2 Å². The van der Waals surface area contributed by atoms with Crippen molar-refractivity contribution in [3.8, 4) is 11.5 Å². The van der Waals surface area contributed by atoms with E-state index in [1.807, 2.05) is 0 Å². The maximum Gasteiger partial charge on any atom is 0.411 e. The van der Waals surface area contributed by atoms with Crippen LogP contribution in [-0.2, 0) is 9.53 Å². The van der Waals surface area contributed by atoms with E-state index in [-0.39, 0.29) is 19.1 Å². The third-order valence-electron chi connectivity index (χ3n) is 2.83. The zero-order valence-electron chi connectivity index (χ0n) is 9.97. The Hall–Kier alpha value is -2.44. The van der Waals surface area contributed by atoms with Gasteiger partial charge in [0.15, 0.2) is 11.5 Å². The number of anilines is 1. The quantitative estimate of drug-likeness (QED) is 0.827. The number of benzene rings is 1. The zero-order chi connectivity index (χ0) is 13.2. The first kappa shape index (κ1) is 11.6. The molecule has 1 unspecified atom stereocenters. The third kappa shape index (κ3) is 2.54. The van der Waals surface area contributed by atoms with Gasteiger partial charge in [-0.15, -0.1) is 0 Å². The van der Waals surface area contributed by atoms with Crippen LogP contribution in [-0.4, -0.2) is 31.4 Å². The van der Waals surface area contributed by atoms with Crippen LogP contribution in [0.15, 0.2) is 18.2 Å². The number of hydrogen-bond acceptors (Lipinski definition) is 5. The molecule has 2 aliphatic rings. The summed E-state index contributed by atoms with van der Waals surface area (Å²) in [6, 6.07) is 5.05. The third-order valence-corrected chi connectivity index (χ3v) is 2.83. The van der Waals surface area contributed by atoms with Crippen molar-refractivity contribution in [2.75, 3.05) is 18.7 Å². The fourth-order valence-corrected chi connectivity index (χ4v) is 1.94. The van der Waals surface area contributed by atoms with Gasteiger partial charge in [0.05, 0.1) is 13.0 Å². The van der Waals surface area contributed by atoms with Crippen LogP contribution in [0.3, 0.4) is 0 Å². The van der Waals surface area contributed by atoms with Crippen molar-refractivity contribution in [2.24, 2.45) is 0 Å². The number of nitrogens with one attached hydrogen (secondary N) is 2. The van der Waals surface area contributed by atoms with Gasteiger partial charge in [-0.2, -0.15) is 0 Å². The van der Waals surface area contributed by atoms with Crippen molar-refractivity contribution in [3.05, 3.63) is 18.2 Å². The Morgan fingerprint density at radius 3 is 3.00 bits per heavy atom. The number of rotatable bonds is 2. The van der Waals surface area contributed by atoms with E-state index >= 15 is 0 Å². The summed E-state index contributed by atoms with van der Waals surface area (Å²) in [6.07, 6.45) is -0.809. The fraction of sp³-hybridized carbons (Fsp3) is 0.333. The van der Waals surface area contributed by atoms with Crippen molar-refractivity contribution in [3.63, 3.8) is 0 Å². The van der Waals surface area contributed by atoms with E-state index in [1.165, 1.54) is 0 Å². The highest BCUT2D eigenvalue weighted by Crippen LogP contribution is 2.34. The molecular weight excluding hydrogens is 252 g/mol. The van der Waals surface area contributed by atoms with Crippen LogP contribution >= 0.6 is 0 Å². The molecule has 2 heterocycles. The summed E-state index contributed by atoms with van der Waals surface area (Å²) in [7, 11) is 0. The van der Waals surface area contributed by atoms with Gasteiger partial charge < -0.3 is 19.5 Å². The number of ether oxygens (including phenoxy) is 3. The molecule has 19 heavy (non-hydrogen) atoms. The summed E-state index contributed by atoms with van der Waals surface area (Å²) < 4.78 is 15.5. The van der Waals surface area contributed by atoms with Crippen LogP contribution in [0.4, 0.5) is 10.5 Å². The lowest BCUT2D eigenvalue weighted by molar-refractivity contribution is -0.119. The van der Waals surface area contributed by atoms with Gasteiger partial charge in [0.2, 0.25) is 12.7 Å². The van der Waals surface area contributed by atoms with Gasteiger partial charge in [-0.1, -0.05) is 0 Å². The van der Waals surface area contributed by atoms with E-state index in [1.54, 1.807) is 18.2 Å². The Labute approximate surface area is 108 Å². The predicted octanol–water partition coefficient (Wildman–Crippen LogP) is 0.852. The second kappa shape index (κ2) is 4.68. The van der Waals surface area contributed by atoms with Crippen LogP contribution in [0.1, 0.15) is 6.42 Å². The Morgan fingerprint density at radius 1 is 1.37 bits per heavy atom. The predicted molar refractivity (Wildman–Crippen MR) is 64.1 cm³/mol. The van der Waals surface area contributed by atoms with Gasteiger partial charge >= 0.3 is 6.09 Å². The molecule has 0 aromatic heterocycles. The fourth-order valence-electron chi connectivity index (χ4n) is 1.94. The van der Waals surface area contributed by atoms with E-state index < -0.39 is 12.2 Å². The van der Waals surface area contributed by atoms with Crippen LogP contribution in [0.25, 0.3) is 0 Å². The standard InChI is InChI=1S/C12H12N2O5/c15-11-4-8(5-13-11)19-12(16)14-7-1-2-9-10(3-7)18-6-17-9/h1-3,8H,4-6H2,(H,13,15)(H,14,16). The molecule has 1 atom stereocenters. The van der Waals surface area contributed by atoms with Crippen molar-refractivity contribution >= 4 is 17.7 Å². The largest absolute Gasteiger partial charge is 0.454 e. The highest BCUT2D eigenvalue weighted by molar-refractivity contribution is 5.86. The first-order chi connectivity index (χ1) is 9.20. The monoisotopic (exact) mass is 264 g/mol. The lowest BCUT2D eigenvalue weighted by Gasteiger charge is -2.11. The number of fused-ring (bicyclic) bond motifs is 1. The first-order valence-corrected chi connectivity index (χ1v) is 5.85. The van der Waals surface area contributed by atoms with Crippen LogP contribution in [0, 0.1) is 0 Å². The molecule has 7 heteroatoms. The van der Waals surface area contributed by atoms with E-state index in [2.05, 4.69) is 10.6 Å². The SMILES string of the molecule is O=C1CC(OC(=O)Nc2ccc3c(c2)OCO3)CN1. The molecule has 1 saturated heterocycles. The molecule has 3 rings (SSSR count). The minimum Gasteiger partial charge on any atom is -0.454 e. The molecule has 1 fully saturated rings. The Bertz CT molecular complexity index is 531. The lowest BCUT2D eigenvalue weighted by atomic mass is 10.3. The second-order valence-electron chi connectivity index (χ2n) is 4.23. The van der Waals surface area contributed by atoms with Crippen molar-refractivity contribution in [2.45, 2.75) is 12.5 Å². The summed E-state index contributed by atoms with van der Waals surface area (Å²) in [6.45, 7) is 0.534. The van der Waals surface area contributed by atoms with Gasteiger partial charge in [-0.3, -0.25) is 10.1 Å². The van der Waals surface area contributed by atoms with Gasteiger partial charge in [-0.05, 0) is 12.1 Å². The van der Waals surface area contributed by atoms with Gasteiger partial charge in [-0.25, -0.2) is 4.79 Å². The molecule has 0 aliphatic carbocycles. The molecule has 0 spiro atoms. The second-order valence-corrected chi connectivity index (χ2v) is 4.23. The molecule has 2 aliphatic heterocycles. The van der Waals surface area contributed by atoms with Crippen LogP contribution < -0.4 is 20.1 Å². The summed E-state index contributed by atoms with van der Waals surface area (Å²) >= 11 is 0. The lowest BCUT2D eigenvalue weighted by Crippen LogP contribution is -2.24. The molecule has 100 valence electrons. The topological polar surface area (TPSA) is 85.9 Å². The van der Waals surface area contributed by atoms with Gasteiger partial charge in [0.25, 0.3) is 0 Å². The summed E-state index contributed by atoms with van der Waals surface area (Å²) in [4.78, 5) is 22.6. The minimum atomic E-state index is -0.597. The minimum absolute atomic E-state index is 0.110. The molecule has 0 radical (unpaired) electrons. The molecule has 1 aromatic rings. The van der Waals surface area contributed by atoms with E-state index in [0.717, 1.165) is 0 Å². The van der Waals surface area contributed by atoms with Crippen LogP contribution in [0.2, 0.25) is 0 Å². The maximum absolute atomic E-state index is 11.6.